The number of ether oxygens (including phenoxy) is 1. The van der Waals surface area contributed by atoms with Crippen LogP contribution >= 0.6 is 0 Å². The van der Waals surface area contributed by atoms with E-state index >= 15 is 0 Å². The Morgan fingerprint density at radius 1 is 1.05 bits per heavy atom. The van der Waals surface area contributed by atoms with Gasteiger partial charge in [-0.2, -0.15) is 0 Å². The molecule has 3 rings (SSSR count). The quantitative estimate of drug-likeness (QED) is 0.721. The fourth-order valence-corrected chi connectivity index (χ4v) is 2.06. The molecule has 0 radical (unpaired) electrons. The molecule has 102 valence electrons. The van der Waals surface area contributed by atoms with Gasteiger partial charge in [0.1, 0.15) is 5.75 Å². The Balaban J connectivity index is 2.12. The molecule has 0 bridgehead atoms. The Morgan fingerprint density at radius 2 is 1.80 bits per heavy atom. The largest absolute Gasteiger partial charge is 0.436 e. The summed E-state index contributed by atoms with van der Waals surface area (Å²) in [6.07, 6.45) is 4.00. The first-order valence-electron chi connectivity index (χ1n) is 6.72. The summed E-state index contributed by atoms with van der Waals surface area (Å²) in [6, 6.07) is 9.66. The number of aromatic nitrogens is 3. The Kier molecular flexibility index (Phi) is 3.14. The molecule has 0 aliphatic rings. The molecule has 4 nitrogen and oxygen atoms in total. The molecule has 20 heavy (non-hydrogen) atoms. The third-order valence-electron chi connectivity index (χ3n) is 3.10. The third kappa shape index (κ3) is 2.37. The van der Waals surface area contributed by atoms with E-state index in [-0.39, 0.29) is 0 Å². The normalized spacial score (nSPS) is 11.2. The minimum absolute atomic E-state index is 0.334. The van der Waals surface area contributed by atoms with Crippen LogP contribution in [0.3, 0.4) is 0 Å². The van der Waals surface area contributed by atoms with Crippen molar-refractivity contribution < 1.29 is 4.74 Å². The highest BCUT2D eigenvalue weighted by atomic mass is 16.5. The van der Waals surface area contributed by atoms with Crippen LogP contribution in [-0.4, -0.2) is 14.4 Å². The summed E-state index contributed by atoms with van der Waals surface area (Å²) in [6.45, 7) is 6.20. The molecule has 3 aromatic rings. The maximum Gasteiger partial charge on any atom is 0.264 e. The van der Waals surface area contributed by atoms with Gasteiger partial charge in [0.2, 0.25) is 5.65 Å². The SMILES string of the molecule is Cc1cn2cc(C(C)C)nc(Oc3ccccc3)c2n1. The second-order valence-corrected chi connectivity index (χ2v) is 5.15. The summed E-state index contributed by atoms with van der Waals surface area (Å²) >= 11 is 0. The molecule has 0 fully saturated rings. The van der Waals surface area contributed by atoms with Crippen LogP contribution in [0.5, 0.6) is 11.6 Å². The van der Waals surface area contributed by atoms with Crippen LogP contribution in [-0.2, 0) is 0 Å². The molecule has 0 amide bonds. The molecular weight excluding hydrogens is 250 g/mol. The molecule has 0 aliphatic heterocycles. The lowest BCUT2D eigenvalue weighted by molar-refractivity contribution is 0.461. The van der Waals surface area contributed by atoms with Crippen molar-refractivity contribution in [3.8, 4) is 11.6 Å². The minimum Gasteiger partial charge on any atom is -0.436 e. The number of hydrogen-bond donors (Lipinski definition) is 0. The Labute approximate surface area is 118 Å². The molecule has 1 aromatic carbocycles. The molecule has 0 atom stereocenters. The smallest absolute Gasteiger partial charge is 0.264 e. The Bertz CT molecular complexity index is 732. The summed E-state index contributed by atoms with van der Waals surface area (Å²) in [4.78, 5) is 9.09. The van der Waals surface area contributed by atoms with E-state index in [9.17, 15) is 0 Å². The minimum atomic E-state index is 0.334. The standard InChI is InChI=1S/C16H17N3O/c1-11(2)14-10-19-9-12(3)17-15(19)16(18-14)20-13-7-5-4-6-8-13/h4-11H,1-3H3. The lowest BCUT2D eigenvalue weighted by atomic mass is 10.1. The summed E-state index contributed by atoms with van der Waals surface area (Å²) in [5.41, 5.74) is 2.68. The van der Waals surface area contributed by atoms with Crippen LogP contribution in [0.1, 0.15) is 31.2 Å². The van der Waals surface area contributed by atoms with Gasteiger partial charge < -0.3 is 9.14 Å². The third-order valence-corrected chi connectivity index (χ3v) is 3.10. The van der Waals surface area contributed by atoms with Gasteiger partial charge in [-0.25, -0.2) is 9.97 Å². The van der Waals surface area contributed by atoms with Crippen LogP contribution in [0.25, 0.3) is 5.65 Å². The first kappa shape index (κ1) is 12.7. The zero-order chi connectivity index (χ0) is 14.1. The van der Waals surface area contributed by atoms with Crippen molar-refractivity contribution in [1.82, 2.24) is 14.4 Å². The summed E-state index contributed by atoms with van der Waals surface area (Å²) in [5, 5.41) is 0. The topological polar surface area (TPSA) is 39.4 Å². The van der Waals surface area contributed by atoms with Crippen LogP contribution in [0.15, 0.2) is 42.7 Å². The van der Waals surface area contributed by atoms with E-state index in [0.717, 1.165) is 22.8 Å². The van der Waals surface area contributed by atoms with E-state index in [4.69, 9.17) is 4.74 Å². The van der Waals surface area contributed by atoms with Crippen LogP contribution in [0.4, 0.5) is 0 Å². The average Bonchev–Trinajstić information content (AvgIpc) is 2.80. The van der Waals surface area contributed by atoms with Crippen LogP contribution < -0.4 is 4.74 Å². The molecular formula is C16H17N3O. The second kappa shape index (κ2) is 4.96. The van der Waals surface area contributed by atoms with E-state index in [0.29, 0.717) is 11.8 Å². The fourth-order valence-electron chi connectivity index (χ4n) is 2.06. The van der Waals surface area contributed by atoms with Gasteiger partial charge in [-0.05, 0) is 25.0 Å². The predicted octanol–water partition coefficient (Wildman–Crippen LogP) is 3.95. The van der Waals surface area contributed by atoms with Crippen molar-refractivity contribution >= 4 is 5.65 Å². The van der Waals surface area contributed by atoms with Crippen molar-refractivity contribution in [1.29, 1.82) is 0 Å². The molecule has 2 heterocycles. The van der Waals surface area contributed by atoms with E-state index in [1.54, 1.807) is 0 Å². The summed E-state index contributed by atoms with van der Waals surface area (Å²) < 4.78 is 7.88. The fraction of sp³-hybridized carbons (Fsp3) is 0.250. The maximum absolute atomic E-state index is 5.90. The number of rotatable bonds is 3. The number of fused-ring (bicyclic) bond motifs is 1. The van der Waals surface area contributed by atoms with Gasteiger partial charge in [-0.3, -0.25) is 0 Å². The van der Waals surface area contributed by atoms with E-state index < -0.39 is 0 Å². The molecule has 2 aromatic heterocycles. The number of benzene rings is 1. The van der Waals surface area contributed by atoms with Gasteiger partial charge in [0, 0.05) is 12.4 Å². The van der Waals surface area contributed by atoms with Gasteiger partial charge in [0.25, 0.3) is 5.88 Å². The lowest BCUT2D eigenvalue weighted by Crippen LogP contribution is -2.00. The highest BCUT2D eigenvalue weighted by molar-refractivity contribution is 5.52. The molecule has 0 saturated heterocycles. The highest BCUT2D eigenvalue weighted by Crippen LogP contribution is 2.26. The second-order valence-electron chi connectivity index (χ2n) is 5.15. The molecule has 4 heteroatoms. The van der Waals surface area contributed by atoms with Crippen molar-refractivity contribution in [2.45, 2.75) is 26.7 Å². The van der Waals surface area contributed by atoms with E-state index in [2.05, 4.69) is 23.8 Å². The number of hydrogen-bond acceptors (Lipinski definition) is 3. The molecule has 0 aliphatic carbocycles. The van der Waals surface area contributed by atoms with Gasteiger partial charge in [0.05, 0.1) is 11.4 Å². The number of aryl methyl sites for hydroxylation is 1. The first-order valence-corrected chi connectivity index (χ1v) is 6.72. The summed E-state index contributed by atoms with van der Waals surface area (Å²) in [5.74, 6) is 1.65. The van der Waals surface area contributed by atoms with Gasteiger partial charge in [-0.1, -0.05) is 32.0 Å². The average molecular weight is 267 g/mol. The summed E-state index contributed by atoms with van der Waals surface area (Å²) in [7, 11) is 0. The molecule has 0 spiro atoms. The van der Waals surface area contributed by atoms with Crippen molar-refractivity contribution in [3.63, 3.8) is 0 Å². The highest BCUT2D eigenvalue weighted by Gasteiger charge is 2.13. The number of imidazole rings is 1. The van der Waals surface area contributed by atoms with Crippen molar-refractivity contribution in [2.75, 3.05) is 0 Å². The zero-order valence-corrected chi connectivity index (χ0v) is 11.9. The molecule has 0 saturated carbocycles. The number of para-hydroxylation sites is 1. The van der Waals surface area contributed by atoms with Crippen LogP contribution in [0.2, 0.25) is 0 Å². The predicted molar refractivity (Wildman–Crippen MR) is 78.3 cm³/mol. The van der Waals surface area contributed by atoms with Gasteiger partial charge in [-0.15, -0.1) is 0 Å². The maximum atomic E-state index is 5.90. The van der Waals surface area contributed by atoms with Gasteiger partial charge in [0.15, 0.2) is 0 Å². The molecule has 0 N–H and O–H groups in total. The van der Waals surface area contributed by atoms with Crippen LogP contribution in [0, 0.1) is 6.92 Å². The molecule has 0 unspecified atom stereocenters. The van der Waals surface area contributed by atoms with E-state index in [1.807, 2.05) is 54.0 Å². The van der Waals surface area contributed by atoms with Crippen molar-refractivity contribution in [3.05, 3.63) is 54.1 Å². The Morgan fingerprint density at radius 3 is 2.50 bits per heavy atom. The zero-order valence-electron chi connectivity index (χ0n) is 11.9. The first-order chi connectivity index (χ1) is 9.63. The lowest BCUT2D eigenvalue weighted by Gasteiger charge is -2.10. The van der Waals surface area contributed by atoms with E-state index in [1.165, 1.54) is 0 Å². The van der Waals surface area contributed by atoms with Gasteiger partial charge >= 0.3 is 0 Å². The number of nitrogens with zero attached hydrogens (tertiary/aromatic N) is 3. The Hall–Kier alpha value is -2.36. The monoisotopic (exact) mass is 267 g/mol. The van der Waals surface area contributed by atoms with Crippen molar-refractivity contribution in [2.24, 2.45) is 0 Å².